The number of ether oxygens (including phenoxy) is 2. The Kier molecular flexibility index (Phi) is 6.28. The molecule has 6 heteroatoms. The van der Waals surface area contributed by atoms with Crippen LogP contribution in [0.2, 0.25) is 0 Å². The molecule has 0 unspecified atom stereocenters. The number of hydrogen-bond donors (Lipinski definition) is 0. The zero-order chi connectivity index (χ0) is 24.0. The number of piperidine rings is 1. The molecular weight excluding hydrogens is 440 g/mol. The van der Waals surface area contributed by atoms with E-state index in [1.54, 1.807) is 0 Å². The largest absolute Gasteiger partial charge is 0.466 e. The van der Waals surface area contributed by atoms with Crippen molar-refractivity contribution in [2.24, 2.45) is 23.7 Å². The van der Waals surface area contributed by atoms with Crippen LogP contribution in [0.25, 0.3) is 0 Å². The molecule has 2 aliphatic heterocycles. The molecule has 190 valence electrons. The van der Waals surface area contributed by atoms with E-state index in [9.17, 15) is 9.59 Å². The number of likely N-dealkylation sites (tertiary alicyclic amines) is 1. The lowest BCUT2D eigenvalue weighted by Crippen LogP contribution is -2.55. The quantitative estimate of drug-likeness (QED) is 0.569. The SMILES string of the molecule is CCOC(=O)CCN1Cc2ccccc2C2(CCN(C(=O)OC3C4CC5CC(C4)CC3C5)CC2)C1. The highest BCUT2D eigenvalue weighted by atomic mass is 16.6. The van der Waals surface area contributed by atoms with Gasteiger partial charge in [-0.2, -0.15) is 0 Å². The molecule has 0 radical (unpaired) electrons. The lowest BCUT2D eigenvalue weighted by atomic mass is 9.55. The van der Waals surface area contributed by atoms with Crippen LogP contribution in [0.3, 0.4) is 0 Å². The lowest BCUT2D eigenvalue weighted by molar-refractivity contribution is -0.143. The van der Waals surface area contributed by atoms with E-state index in [0.29, 0.717) is 31.4 Å². The Balaban J connectivity index is 1.10. The fourth-order valence-electron chi connectivity index (χ4n) is 8.43. The standard InChI is InChI=1S/C29H40N2O4/c1-2-34-26(32)7-10-30-18-22-5-3-4-6-25(22)29(19-30)8-11-31(12-9-29)28(33)35-27-23-14-20-13-21(16-23)17-24(27)15-20/h3-6,20-21,23-24,27H,2,7-19H2,1H3. The topological polar surface area (TPSA) is 59.1 Å². The normalized spacial score (nSPS) is 32.9. The van der Waals surface area contributed by atoms with Crippen molar-refractivity contribution >= 4 is 12.1 Å². The Labute approximate surface area is 209 Å². The molecule has 1 aromatic carbocycles. The highest BCUT2D eigenvalue weighted by Gasteiger charge is 2.50. The molecule has 0 aromatic heterocycles. The lowest BCUT2D eigenvalue weighted by Gasteiger charge is -2.54. The highest BCUT2D eigenvalue weighted by Crippen LogP contribution is 2.54. The van der Waals surface area contributed by atoms with Gasteiger partial charge in [0.2, 0.25) is 0 Å². The van der Waals surface area contributed by atoms with Crippen molar-refractivity contribution in [2.45, 2.75) is 76.4 Å². The molecule has 1 saturated heterocycles. The molecule has 1 spiro atoms. The third-order valence-corrected chi connectivity index (χ3v) is 9.80. The Morgan fingerprint density at radius 3 is 2.37 bits per heavy atom. The van der Waals surface area contributed by atoms with Crippen LogP contribution in [0, 0.1) is 23.7 Å². The second-order valence-electron chi connectivity index (χ2n) is 12.0. The Morgan fingerprint density at radius 2 is 1.69 bits per heavy atom. The smallest absolute Gasteiger partial charge is 0.410 e. The first kappa shape index (κ1) is 23.3. The maximum absolute atomic E-state index is 13.3. The molecule has 7 rings (SSSR count). The highest BCUT2D eigenvalue weighted by molar-refractivity contribution is 5.69. The molecule has 0 N–H and O–H groups in total. The van der Waals surface area contributed by atoms with E-state index in [2.05, 4.69) is 29.2 Å². The van der Waals surface area contributed by atoms with Crippen molar-refractivity contribution in [3.05, 3.63) is 35.4 Å². The third kappa shape index (κ3) is 4.47. The number of amides is 1. The summed E-state index contributed by atoms with van der Waals surface area (Å²) in [6, 6.07) is 8.75. The number of fused-ring (bicyclic) bond motifs is 2. The van der Waals surface area contributed by atoms with Gasteiger partial charge in [-0.25, -0.2) is 4.79 Å². The van der Waals surface area contributed by atoms with Crippen molar-refractivity contribution in [1.82, 2.24) is 9.80 Å². The number of rotatable bonds is 5. The summed E-state index contributed by atoms with van der Waals surface area (Å²) >= 11 is 0. The second kappa shape index (κ2) is 9.42. The number of hydrogen-bond acceptors (Lipinski definition) is 5. The molecule has 35 heavy (non-hydrogen) atoms. The molecule has 6 nitrogen and oxygen atoms in total. The molecule has 0 atom stereocenters. The van der Waals surface area contributed by atoms with Gasteiger partial charge in [0.15, 0.2) is 0 Å². The average molecular weight is 481 g/mol. The van der Waals surface area contributed by atoms with Crippen LogP contribution in [0.1, 0.15) is 69.4 Å². The predicted molar refractivity (Wildman–Crippen MR) is 133 cm³/mol. The molecule has 1 amide bonds. The van der Waals surface area contributed by atoms with Gasteiger partial charge in [-0.15, -0.1) is 0 Å². The molecule has 5 fully saturated rings. The van der Waals surface area contributed by atoms with Gasteiger partial charge in [0, 0.05) is 38.1 Å². The molecule has 4 saturated carbocycles. The van der Waals surface area contributed by atoms with Gasteiger partial charge in [0.1, 0.15) is 6.10 Å². The van der Waals surface area contributed by atoms with Crippen molar-refractivity contribution < 1.29 is 19.1 Å². The van der Waals surface area contributed by atoms with E-state index in [-0.39, 0.29) is 23.6 Å². The molecule has 4 bridgehead atoms. The third-order valence-electron chi connectivity index (χ3n) is 9.80. The minimum absolute atomic E-state index is 0.0307. The van der Waals surface area contributed by atoms with E-state index in [4.69, 9.17) is 9.47 Å². The van der Waals surface area contributed by atoms with Gasteiger partial charge < -0.3 is 14.4 Å². The number of carbonyl (C=O) groups excluding carboxylic acids is 2. The Morgan fingerprint density at radius 1 is 1.00 bits per heavy atom. The van der Waals surface area contributed by atoms with Crippen molar-refractivity contribution in [3.63, 3.8) is 0 Å². The summed E-state index contributed by atoms with van der Waals surface area (Å²) in [5, 5.41) is 0. The van der Waals surface area contributed by atoms with Gasteiger partial charge in [0.25, 0.3) is 0 Å². The summed E-state index contributed by atoms with van der Waals surface area (Å²) in [5.74, 6) is 2.86. The van der Waals surface area contributed by atoms with Crippen molar-refractivity contribution in [3.8, 4) is 0 Å². The van der Waals surface area contributed by atoms with Crippen LogP contribution in [-0.4, -0.2) is 60.8 Å². The minimum Gasteiger partial charge on any atom is -0.466 e. The van der Waals surface area contributed by atoms with Crippen LogP contribution in [-0.2, 0) is 26.2 Å². The summed E-state index contributed by atoms with van der Waals surface area (Å²) in [7, 11) is 0. The average Bonchev–Trinajstić information content (AvgIpc) is 2.85. The van der Waals surface area contributed by atoms with E-state index in [1.165, 1.54) is 43.2 Å². The van der Waals surface area contributed by atoms with Gasteiger partial charge in [-0.05, 0) is 86.7 Å². The van der Waals surface area contributed by atoms with Crippen molar-refractivity contribution in [1.29, 1.82) is 0 Å². The van der Waals surface area contributed by atoms with E-state index >= 15 is 0 Å². The van der Waals surface area contributed by atoms with Gasteiger partial charge in [-0.3, -0.25) is 9.69 Å². The fourth-order valence-corrected chi connectivity index (χ4v) is 8.43. The summed E-state index contributed by atoms with van der Waals surface area (Å²) in [6.45, 7) is 6.29. The monoisotopic (exact) mass is 480 g/mol. The molecule has 4 aliphatic carbocycles. The summed E-state index contributed by atoms with van der Waals surface area (Å²) in [5.41, 5.74) is 2.82. The van der Waals surface area contributed by atoms with Crippen LogP contribution in [0.5, 0.6) is 0 Å². The fraction of sp³-hybridized carbons (Fsp3) is 0.724. The molecule has 6 aliphatic rings. The number of nitrogens with zero attached hydrogens (tertiary/aromatic N) is 2. The first-order valence-corrected chi connectivity index (χ1v) is 13.9. The maximum atomic E-state index is 13.3. The van der Waals surface area contributed by atoms with Gasteiger partial charge in [0.05, 0.1) is 13.0 Å². The van der Waals surface area contributed by atoms with Gasteiger partial charge >= 0.3 is 12.1 Å². The zero-order valence-corrected chi connectivity index (χ0v) is 21.1. The Bertz CT molecular complexity index is 926. The van der Waals surface area contributed by atoms with Crippen molar-refractivity contribution in [2.75, 3.05) is 32.8 Å². The van der Waals surface area contributed by atoms with Crippen LogP contribution in [0.4, 0.5) is 4.79 Å². The molecule has 1 aromatic rings. The number of carbonyl (C=O) groups is 2. The molecular formula is C29H40N2O4. The van der Waals surface area contributed by atoms with E-state index in [0.717, 1.165) is 50.9 Å². The van der Waals surface area contributed by atoms with Crippen LogP contribution < -0.4 is 0 Å². The zero-order valence-electron chi connectivity index (χ0n) is 21.1. The predicted octanol–water partition coefficient (Wildman–Crippen LogP) is 4.75. The van der Waals surface area contributed by atoms with E-state index in [1.807, 2.05) is 11.8 Å². The Hall–Kier alpha value is -2.08. The summed E-state index contributed by atoms with van der Waals surface area (Å²) in [4.78, 5) is 29.6. The van der Waals surface area contributed by atoms with Crippen LogP contribution in [0.15, 0.2) is 24.3 Å². The minimum atomic E-state index is -0.122. The first-order chi connectivity index (χ1) is 17.0. The summed E-state index contributed by atoms with van der Waals surface area (Å²) < 4.78 is 11.4. The maximum Gasteiger partial charge on any atom is 0.410 e. The van der Waals surface area contributed by atoms with Gasteiger partial charge in [-0.1, -0.05) is 24.3 Å². The number of benzene rings is 1. The first-order valence-electron chi connectivity index (χ1n) is 13.9. The van der Waals surface area contributed by atoms with E-state index < -0.39 is 0 Å². The summed E-state index contributed by atoms with van der Waals surface area (Å²) in [6.07, 6.45) is 8.88. The number of esters is 1. The second-order valence-corrected chi connectivity index (χ2v) is 12.0. The van der Waals surface area contributed by atoms with Crippen LogP contribution >= 0.6 is 0 Å². The molecule has 2 heterocycles.